The first-order chi connectivity index (χ1) is 8.43. The molecule has 2 nitrogen and oxygen atoms in total. The quantitative estimate of drug-likeness (QED) is 0.600. The molecule has 1 aromatic rings. The van der Waals surface area contributed by atoms with E-state index in [0.717, 1.165) is 31.6 Å². The van der Waals surface area contributed by atoms with Crippen LogP contribution in [-0.2, 0) is 0 Å². The highest BCUT2D eigenvalue weighted by Crippen LogP contribution is 2.23. The van der Waals surface area contributed by atoms with Gasteiger partial charge in [0.15, 0.2) is 0 Å². The Kier molecular flexibility index (Phi) is 5.60. The average Bonchev–Trinajstić information content (AvgIpc) is 2.30. The summed E-state index contributed by atoms with van der Waals surface area (Å²) in [6.07, 6.45) is 3.12. The predicted octanol–water partition coefficient (Wildman–Crippen LogP) is 3.86. The third kappa shape index (κ3) is 4.65. The summed E-state index contributed by atoms with van der Waals surface area (Å²) in [6.45, 7) is 7.00. The fraction of sp³-hybridized carbons (Fsp3) is 0.533. The first kappa shape index (κ1) is 15.0. The van der Waals surface area contributed by atoms with E-state index in [9.17, 15) is 0 Å². The Morgan fingerprint density at radius 1 is 1.28 bits per heavy atom. The molecule has 3 heteroatoms. The number of hydrogen-bond acceptors (Lipinski definition) is 2. The molecule has 0 amide bonds. The zero-order valence-corrected chi connectivity index (χ0v) is 12.3. The molecule has 100 valence electrons. The Morgan fingerprint density at radius 3 is 2.56 bits per heavy atom. The number of aryl methyl sites for hydroxylation is 1. The van der Waals surface area contributed by atoms with Gasteiger partial charge in [0.2, 0.25) is 0 Å². The minimum atomic E-state index is -0.0437. The highest BCUT2D eigenvalue weighted by molar-refractivity contribution is 7.80. The topological polar surface area (TPSA) is 35.2 Å². The smallest absolute Gasteiger partial charge is 0.122 e. The summed E-state index contributed by atoms with van der Waals surface area (Å²) in [6, 6.07) is 8.09. The Labute approximate surface area is 116 Å². The molecule has 0 aliphatic rings. The van der Waals surface area contributed by atoms with Crippen molar-refractivity contribution >= 4 is 17.2 Å². The number of ether oxygens (including phenoxy) is 1. The van der Waals surface area contributed by atoms with Crippen molar-refractivity contribution in [2.24, 2.45) is 11.1 Å². The third-order valence-corrected chi connectivity index (χ3v) is 3.77. The normalized spacial score (nSPS) is 11.3. The number of para-hydroxylation sites is 1. The molecule has 0 aromatic heterocycles. The van der Waals surface area contributed by atoms with E-state index in [4.69, 9.17) is 22.7 Å². The van der Waals surface area contributed by atoms with Gasteiger partial charge in [-0.05, 0) is 37.8 Å². The number of unbranched alkanes of at least 4 members (excludes halogenated alkanes) is 1. The zero-order valence-electron chi connectivity index (χ0n) is 11.5. The van der Waals surface area contributed by atoms with Crippen LogP contribution in [-0.4, -0.2) is 11.6 Å². The number of rotatable bonds is 7. The average molecular weight is 265 g/mol. The van der Waals surface area contributed by atoms with Crippen molar-refractivity contribution in [3.05, 3.63) is 29.8 Å². The summed E-state index contributed by atoms with van der Waals surface area (Å²) in [5.41, 5.74) is 6.83. The molecule has 0 spiro atoms. The molecule has 0 heterocycles. The highest BCUT2D eigenvalue weighted by atomic mass is 32.1. The van der Waals surface area contributed by atoms with E-state index in [2.05, 4.69) is 26.8 Å². The van der Waals surface area contributed by atoms with Gasteiger partial charge in [-0.1, -0.05) is 44.3 Å². The van der Waals surface area contributed by atoms with Gasteiger partial charge in [-0.25, -0.2) is 0 Å². The van der Waals surface area contributed by atoms with E-state index in [1.807, 2.05) is 18.2 Å². The molecule has 0 radical (unpaired) electrons. The SMILES string of the molecule is Cc1ccccc1OCCCCC(C)(C)C(N)=S. The second-order valence-electron chi connectivity index (χ2n) is 5.32. The molecule has 18 heavy (non-hydrogen) atoms. The van der Waals surface area contributed by atoms with E-state index >= 15 is 0 Å². The summed E-state index contributed by atoms with van der Waals surface area (Å²) in [5.74, 6) is 0.978. The van der Waals surface area contributed by atoms with Gasteiger partial charge < -0.3 is 10.5 Å². The largest absolute Gasteiger partial charge is 0.493 e. The van der Waals surface area contributed by atoms with Crippen LogP contribution in [0.15, 0.2) is 24.3 Å². The zero-order chi connectivity index (χ0) is 13.6. The number of nitrogens with two attached hydrogens (primary N) is 1. The molecule has 0 fully saturated rings. The Morgan fingerprint density at radius 2 is 1.94 bits per heavy atom. The number of hydrogen-bond donors (Lipinski definition) is 1. The molecular weight excluding hydrogens is 242 g/mol. The molecule has 0 unspecified atom stereocenters. The minimum absolute atomic E-state index is 0.0437. The van der Waals surface area contributed by atoms with Gasteiger partial charge in [0.1, 0.15) is 5.75 Å². The summed E-state index contributed by atoms with van der Waals surface area (Å²) in [5, 5.41) is 0. The molecule has 0 bridgehead atoms. The van der Waals surface area contributed by atoms with E-state index in [1.165, 1.54) is 5.56 Å². The third-order valence-electron chi connectivity index (χ3n) is 3.21. The standard InChI is InChI=1S/C15H23NOS/c1-12-8-4-5-9-13(12)17-11-7-6-10-15(2,3)14(16)18/h4-5,8-9H,6-7,10-11H2,1-3H3,(H2,16,18). The van der Waals surface area contributed by atoms with Gasteiger partial charge in [0.25, 0.3) is 0 Å². The van der Waals surface area contributed by atoms with Crippen LogP contribution in [0.2, 0.25) is 0 Å². The maximum absolute atomic E-state index is 5.75. The maximum atomic E-state index is 5.75. The number of benzene rings is 1. The summed E-state index contributed by atoms with van der Waals surface area (Å²) >= 11 is 5.05. The number of thiocarbonyl (C=S) groups is 1. The van der Waals surface area contributed by atoms with Crippen molar-refractivity contribution in [3.63, 3.8) is 0 Å². The van der Waals surface area contributed by atoms with Gasteiger partial charge in [0.05, 0.1) is 11.6 Å². The molecular formula is C15H23NOS. The van der Waals surface area contributed by atoms with Crippen molar-refractivity contribution in [2.75, 3.05) is 6.61 Å². The second kappa shape index (κ2) is 6.74. The van der Waals surface area contributed by atoms with E-state index < -0.39 is 0 Å². The molecule has 0 atom stereocenters. The summed E-state index contributed by atoms with van der Waals surface area (Å²) in [4.78, 5) is 0.599. The lowest BCUT2D eigenvalue weighted by Gasteiger charge is -2.22. The predicted molar refractivity (Wildman–Crippen MR) is 81.1 cm³/mol. The van der Waals surface area contributed by atoms with E-state index in [-0.39, 0.29) is 5.41 Å². The monoisotopic (exact) mass is 265 g/mol. The van der Waals surface area contributed by atoms with Gasteiger partial charge in [-0.15, -0.1) is 0 Å². The fourth-order valence-corrected chi connectivity index (χ4v) is 1.79. The maximum Gasteiger partial charge on any atom is 0.122 e. The lowest BCUT2D eigenvalue weighted by molar-refractivity contribution is 0.295. The molecule has 1 aromatic carbocycles. The first-order valence-electron chi connectivity index (χ1n) is 6.42. The van der Waals surface area contributed by atoms with Crippen LogP contribution in [0.5, 0.6) is 5.75 Å². The first-order valence-corrected chi connectivity index (χ1v) is 6.82. The minimum Gasteiger partial charge on any atom is -0.493 e. The van der Waals surface area contributed by atoms with Gasteiger partial charge in [-0.3, -0.25) is 0 Å². The van der Waals surface area contributed by atoms with Crippen molar-refractivity contribution < 1.29 is 4.74 Å². The Bertz CT molecular complexity index is 401. The second-order valence-corrected chi connectivity index (χ2v) is 5.76. The van der Waals surface area contributed by atoms with Crippen LogP contribution in [0.1, 0.15) is 38.7 Å². The van der Waals surface area contributed by atoms with Crippen molar-refractivity contribution in [1.82, 2.24) is 0 Å². The van der Waals surface area contributed by atoms with Crippen LogP contribution in [0.3, 0.4) is 0 Å². The van der Waals surface area contributed by atoms with E-state index in [0.29, 0.717) is 4.99 Å². The van der Waals surface area contributed by atoms with Gasteiger partial charge >= 0.3 is 0 Å². The van der Waals surface area contributed by atoms with Crippen molar-refractivity contribution in [3.8, 4) is 5.75 Å². The Hall–Kier alpha value is -1.09. The van der Waals surface area contributed by atoms with Gasteiger partial charge in [-0.2, -0.15) is 0 Å². The lowest BCUT2D eigenvalue weighted by atomic mass is 9.87. The molecule has 1 rings (SSSR count). The Balaban J connectivity index is 2.24. The molecule has 2 N–H and O–H groups in total. The summed E-state index contributed by atoms with van der Waals surface area (Å²) < 4.78 is 5.75. The van der Waals surface area contributed by atoms with Crippen LogP contribution in [0, 0.1) is 12.3 Å². The highest BCUT2D eigenvalue weighted by Gasteiger charge is 2.20. The van der Waals surface area contributed by atoms with Crippen molar-refractivity contribution in [1.29, 1.82) is 0 Å². The van der Waals surface area contributed by atoms with Crippen LogP contribution in [0.4, 0.5) is 0 Å². The lowest BCUT2D eigenvalue weighted by Crippen LogP contribution is -2.29. The molecule has 0 aliphatic carbocycles. The van der Waals surface area contributed by atoms with Crippen LogP contribution >= 0.6 is 12.2 Å². The van der Waals surface area contributed by atoms with Crippen LogP contribution < -0.4 is 10.5 Å². The molecule has 0 saturated heterocycles. The fourth-order valence-electron chi connectivity index (χ4n) is 1.69. The van der Waals surface area contributed by atoms with Crippen molar-refractivity contribution in [2.45, 2.75) is 40.0 Å². The molecule has 0 aliphatic heterocycles. The van der Waals surface area contributed by atoms with Gasteiger partial charge in [0, 0.05) is 5.41 Å². The molecule has 0 saturated carbocycles. The van der Waals surface area contributed by atoms with Crippen LogP contribution in [0.25, 0.3) is 0 Å². The summed E-state index contributed by atoms with van der Waals surface area (Å²) in [7, 11) is 0. The van der Waals surface area contributed by atoms with E-state index in [1.54, 1.807) is 0 Å².